The maximum Gasteiger partial charge on any atom is 0.411 e. The van der Waals surface area contributed by atoms with Gasteiger partial charge in [0.15, 0.2) is 10.9 Å². The first-order valence-corrected chi connectivity index (χ1v) is 10.9. The lowest BCUT2D eigenvalue weighted by Crippen LogP contribution is -2.20. The number of nitrogens with one attached hydrogen (secondary N) is 1. The van der Waals surface area contributed by atoms with Crippen molar-refractivity contribution >= 4 is 50.9 Å². The summed E-state index contributed by atoms with van der Waals surface area (Å²) in [5.41, 5.74) is 2.18. The van der Waals surface area contributed by atoms with Crippen LogP contribution in [0.5, 0.6) is 0 Å². The minimum absolute atomic E-state index is 0.0393. The number of ketones is 1. The molecule has 0 atom stereocenters. The van der Waals surface area contributed by atoms with Gasteiger partial charge in [0.2, 0.25) is 0 Å². The van der Waals surface area contributed by atoms with Gasteiger partial charge in [-0.3, -0.25) is 19.5 Å². The van der Waals surface area contributed by atoms with Gasteiger partial charge in [0, 0.05) is 23.2 Å². The summed E-state index contributed by atoms with van der Waals surface area (Å²) in [6.07, 6.45) is 2.49. The zero-order valence-corrected chi connectivity index (χ0v) is 17.6. The third-order valence-corrected chi connectivity index (χ3v) is 7.09. The monoisotopic (exact) mass is 429 g/mol. The van der Waals surface area contributed by atoms with Crippen LogP contribution in [0, 0.1) is 0 Å². The van der Waals surface area contributed by atoms with Crippen LogP contribution in [0.1, 0.15) is 27.2 Å². The summed E-state index contributed by atoms with van der Waals surface area (Å²) < 4.78 is 6.07. The standard InChI is InChI=1S/C20H19N3O4S2/c1-23-18(25)16-13-4-3-5-15(13)29-17(16)22-19(23)28-10-14(24)11-6-8-12(9-7-11)21-20(26)27-2/h6-9H,3-5,10H2,1-2H3,(H,21,26). The normalized spacial score (nSPS) is 12.8. The lowest BCUT2D eigenvalue weighted by molar-refractivity contribution is 0.102. The summed E-state index contributed by atoms with van der Waals surface area (Å²) in [6, 6.07) is 6.57. The molecule has 2 aromatic heterocycles. The Kier molecular flexibility index (Phi) is 5.42. The molecule has 0 fully saturated rings. The summed E-state index contributed by atoms with van der Waals surface area (Å²) in [5, 5.41) is 3.82. The number of hydrogen-bond acceptors (Lipinski definition) is 7. The third kappa shape index (κ3) is 3.79. The number of aromatic nitrogens is 2. The van der Waals surface area contributed by atoms with E-state index in [1.807, 2.05) is 0 Å². The number of carbonyl (C=O) groups excluding carboxylic acids is 2. The second kappa shape index (κ2) is 8.00. The lowest BCUT2D eigenvalue weighted by atomic mass is 10.1. The van der Waals surface area contributed by atoms with E-state index in [1.165, 1.54) is 28.3 Å². The summed E-state index contributed by atoms with van der Waals surface area (Å²) in [5.74, 6) is 0.0864. The van der Waals surface area contributed by atoms with E-state index in [4.69, 9.17) is 0 Å². The molecule has 0 spiro atoms. The number of thioether (sulfide) groups is 1. The molecule has 0 saturated heterocycles. The number of benzene rings is 1. The van der Waals surface area contributed by atoms with Crippen molar-refractivity contribution in [1.29, 1.82) is 0 Å². The number of thiophene rings is 1. The first-order valence-electron chi connectivity index (χ1n) is 9.10. The number of ether oxygens (including phenoxy) is 1. The number of amides is 1. The number of hydrogen-bond donors (Lipinski definition) is 1. The van der Waals surface area contributed by atoms with Gasteiger partial charge >= 0.3 is 6.09 Å². The van der Waals surface area contributed by atoms with Gasteiger partial charge in [-0.25, -0.2) is 9.78 Å². The van der Waals surface area contributed by atoms with E-state index in [2.05, 4.69) is 15.0 Å². The smallest absolute Gasteiger partial charge is 0.411 e. The number of methoxy groups -OCH3 is 1. The molecule has 0 radical (unpaired) electrons. The molecule has 1 aliphatic carbocycles. The molecule has 0 aliphatic heterocycles. The Labute approximate surface area is 175 Å². The molecule has 1 aromatic carbocycles. The average molecular weight is 430 g/mol. The number of rotatable bonds is 5. The van der Waals surface area contributed by atoms with Gasteiger partial charge in [-0.15, -0.1) is 11.3 Å². The van der Waals surface area contributed by atoms with E-state index < -0.39 is 6.09 Å². The Morgan fingerprint density at radius 1 is 1.28 bits per heavy atom. The van der Waals surface area contributed by atoms with Crippen molar-refractivity contribution < 1.29 is 14.3 Å². The van der Waals surface area contributed by atoms with Crippen LogP contribution in [0.4, 0.5) is 10.5 Å². The topological polar surface area (TPSA) is 90.3 Å². The fraction of sp³-hybridized carbons (Fsp3) is 0.300. The molecule has 0 bridgehead atoms. The van der Waals surface area contributed by atoms with E-state index in [1.54, 1.807) is 42.6 Å². The van der Waals surface area contributed by atoms with Gasteiger partial charge in [-0.05, 0) is 49.1 Å². The molecule has 150 valence electrons. The predicted octanol–water partition coefficient (Wildman–Crippen LogP) is 3.64. The highest BCUT2D eigenvalue weighted by Gasteiger charge is 2.22. The Morgan fingerprint density at radius 3 is 2.76 bits per heavy atom. The molecule has 9 heteroatoms. The Bertz CT molecular complexity index is 1170. The second-order valence-electron chi connectivity index (χ2n) is 6.70. The molecule has 1 N–H and O–H groups in total. The number of aryl methyl sites for hydroxylation is 2. The summed E-state index contributed by atoms with van der Waals surface area (Å²) >= 11 is 2.85. The molecule has 7 nitrogen and oxygen atoms in total. The SMILES string of the molecule is COC(=O)Nc1ccc(C(=O)CSc2nc3sc4c(c3c(=O)n2C)CCC4)cc1. The van der Waals surface area contributed by atoms with Crippen molar-refractivity contribution in [2.45, 2.75) is 24.4 Å². The van der Waals surface area contributed by atoms with Crippen LogP contribution in [0.25, 0.3) is 10.2 Å². The molecule has 4 rings (SSSR count). The quantitative estimate of drug-likeness (QED) is 0.378. The zero-order chi connectivity index (χ0) is 20.5. The van der Waals surface area contributed by atoms with E-state index in [0.29, 0.717) is 16.4 Å². The Balaban J connectivity index is 1.49. The molecule has 1 amide bonds. The highest BCUT2D eigenvalue weighted by molar-refractivity contribution is 7.99. The van der Waals surface area contributed by atoms with Crippen molar-refractivity contribution in [1.82, 2.24) is 9.55 Å². The predicted molar refractivity (Wildman–Crippen MR) is 114 cm³/mol. The maximum atomic E-state index is 12.8. The first kappa shape index (κ1) is 19.7. The van der Waals surface area contributed by atoms with Crippen LogP contribution < -0.4 is 10.9 Å². The highest BCUT2D eigenvalue weighted by Crippen LogP contribution is 2.35. The van der Waals surface area contributed by atoms with Gasteiger partial charge in [0.25, 0.3) is 5.56 Å². The fourth-order valence-corrected chi connectivity index (χ4v) is 5.53. The van der Waals surface area contributed by atoms with Gasteiger partial charge in [-0.1, -0.05) is 11.8 Å². The van der Waals surface area contributed by atoms with Crippen molar-refractivity contribution in [3.8, 4) is 0 Å². The Hall–Kier alpha value is -2.65. The van der Waals surface area contributed by atoms with Crippen LogP contribution in [0.2, 0.25) is 0 Å². The van der Waals surface area contributed by atoms with Gasteiger partial charge in [0.1, 0.15) is 4.83 Å². The van der Waals surface area contributed by atoms with Crippen molar-refractivity contribution in [3.05, 3.63) is 50.6 Å². The van der Waals surface area contributed by atoms with E-state index in [0.717, 1.165) is 35.0 Å². The first-order chi connectivity index (χ1) is 14.0. The van der Waals surface area contributed by atoms with Crippen LogP contribution >= 0.6 is 23.1 Å². The molecule has 1 aliphatic rings. The van der Waals surface area contributed by atoms with Crippen molar-refractivity contribution in [2.75, 3.05) is 18.2 Å². The van der Waals surface area contributed by atoms with Crippen LogP contribution in [0.3, 0.4) is 0 Å². The molecule has 2 heterocycles. The largest absolute Gasteiger partial charge is 0.453 e. The Morgan fingerprint density at radius 2 is 2.03 bits per heavy atom. The minimum Gasteiger partial charge on any atom is -0.453 e. The van der Waals surface area contributed by atoms with Gasteiger partial charge in [-0.2, -0.15) is 0 Å². The number of fused-ring (bicyclic) bond motifs is 3. The number of anilines is 1. The third-order valence-electron chi connectivity index (χ3n) is 4.88. The van der Waals surface area contributed by atoms with E-state index in [9.17, 15) is 14.4 Å². The van der Waals surface area contributed by atoms with Crippen molar-refractivity contribution in [2.24, 2.45) is 7.05 Å². The molecule has 0 saturated carbocycles. The molecule has 29 heavy (non-hydrogen) atoms. The van der Waals surface area contributed by atoms with Crippen LogP contribution in [0.15, 0.2) is 34.2 Å². The molecule has 3 aromatic rings. The molecular formula is C20H19N3O4S2. The van der Waals surface area contributed by atoms with Crippen LogP contribution in [-0.4, -0.2) is 34.3 Å². The van der Waals surface area contributed by atoms with Crippen molar-refractivity contribution in [3.63, 3.8) is 0 Å². The maximum absolute atomic E-state index is 12.8. The summed E-state index contributed by atoms with van der Waals surface area (Å²) in [6.45, 7) is 0. The number of nitrogens with zero attached hydrogens (tertiary/aromatic N) is 2. The fourth-order valence-electron chi connectivity index (χ4n) is 3.36. The molecule has 0 unspecified atom stereocenters. The van der Waals surface area contributed by atoms with Crippen LogP contribution in [-0.2, 0) is 24.6 Å². The van der Waals surface area contributed by atoms with E-state index in [-0.39, 0.29) is 17.1 Å². The second-order valence-corrected chi connectivity index (χ2v) is 8.73. The minimum atomic E-state index is -0.568. The number of Topliss-reactive ketones (excluding diaryl/α,β-unsaturated/α-hetero) is 1. The zero-order valence-electron chi connectivity index (χ0n) is 16.0. The summed E-state index contributed by atoms with van der Waals surface area (Å²) in [7, 11) is 2.99. The van der Waals surface area contributed by atoms with Gasteiger partial charge in [0.05, 0.1) is 18.2 Å². The summed E-state index contributed by atoms with van der Waals surface area (Å²) in [4.78, 5) is 43.3. The highest BCUT2D eigenvalue weighted by atomic mass is 32.2. The van der Waals surface area contributed by atoms with Gasteiger partial charge < -0.3 is 4.74 Å². The molecular weight excluding hydrogens is 410 g/mol. The lowest BCUT2D eigenvalue weighted by Gasteiger charge is -2.08. The number of carbonyl (C=O) groups is 2. The average Bonchev–Trinajstić information content (AvgIpc) is 3.30. The van der Waals surface area contributed by atoms with E-state index >= 15 is 0 Å².